The molecule has 0 unspecified atom stereocenters. The quantitative estimate of drug-likeness (QED) is 0.615. The normalized spacial score (nSPS) is 11.3. The van der Waals surface area contributed by atoms with Crippen molar-refractivity contribution >= 4 is 33.1 Å². The highest BCUT2D eigenvalue weighted by Gasteiger charge is 2.18. The predicted octanol–water partition coefficient (Wildman–Crippen LogP) is 3.19. The number of nitrogens with zero attached hydrogens (tertiary/aromatic N) is 4. The summed E-state index contributed by atoms with van der Waals surface area (Å²) >= 11 is 1.44. The van der Waals surface area contributed by atoms with E-state index in [1.54, 1.807) is 0 Å². The van der Waals surface area contributed by atoms with Crippen LogP contribution in [0.5, 0.6) is 0 Å². The standard InChI is InChI=1S/C18H17N5OS/c1-10-8-11(2)20-18-15(10)12(3)16(25-18)17(24)19-9-14-22-21-13-6-4-5-7-23(13)14/h4-8H,9H2,1-3H3,(H,19,24). The number of hydrogen-bond acceptors (Lipinski definition) is 5. The molecule has 0 aromatic carbocycles. The van der Waals surface area contributed by atoms with Gasteiger partial charge in [0.1, 0.15) is 4.83 Å². The molecule has 1 N–H and O–H groups in total. The molecule has 4 aromatic heterocycles. The fourth-order valence-electron chi connectivity index (χ4n) is 3.09. The highest BCUT2D eigenvalue weighted by molar-refractivity contribution is 7.20. The maximum Gasteiger partial charge on any atom is 0.262 e. The molecule has 4 heterocycles. The van der Waals surface area contributed by atoms with Crippen LogP contribution in [-0.2, 0) is 6.54 Å². The largest absolute Gasteiger partial charge is 0.344 e. The van der Waals surface area contributed by atoms with Crippen LogP contribution in [0.25, 0.3) is 15.9 Å². The van der Waals surface area contributed by atoms with Crippen LogP contribution in [0, 0.1) is 20.8 Å². The van der Waals surface area contributed by atoms with E-state index in [1.165, 1.54) is 11.3 Å². The van der Waals surface area contributed by atoms with Gasteiger partial charge in [0, 0.05) is 17.3 Å². The molecule has 6 nitrogen and oxygen atoms in total. The van der Waals surface area contributed by atoms with E-state index in [0.29, 0.717) is 17.2 Å². The fourth-order valence-corrected chi connectivity index (χ4v) is 4.31. The molecule has 4 aromatic rings. The molecule has 0 spiro atoms. The van der Waals surface area contributed by atoms with Gasteiger partial charge < -0.3 is 5.32 Å². The first kappa shape index (κ1) is 15.7. The maximum atomic E-state index is 12.7. The average Bonchev–Trinajstić information content (AvgIpc) is 3.14. The summed E-state index contributed by atoms with van der Waals surface area (Å²) in [5.74, 6) is 0.595. The first-order chi connectivity index (χ1) is 12.0. The lowest BCUT2D eigenvalue weighted by molar-refractivity contribution is 0.0953. The smallest absolute Gasteiger partial charge is 0.262 e. The van der Waals surface area contributed by atoms with E-state index in [1.807, 2.05) is 48.7 Å². The van der Waals surface area contributed by atoms with Gasteiger partial charge in [-0.3, -0.25) is 9.20 Å². The van der Waals surface area contributed by atoms with Gasteiger partial charge in [-0.2, -0.15) is 0 Å². The molecule has 0 aliphatic carbocycles. The van der Waals surface area contributed by atoms with E-state index in [9.17, 15) is 4.79 Å². The highest BCUT2D eigenvalue weighted by Crippen LogP contribution is 2.32. The SMILES string of the molecule is Cc1cc(C)c2c(C)c(C(=O)NCc3nnc4ccccn34)sc2n1. The molecule has 0 atom stereocenters. The van der Waals surface area contributed by atoms with Crippen LogP contribution in [0.15, 0.2) is 30.5 Å². The summed E-state index contributed by atoms with van der Waals surface area (Å²) < 4.78 is 1.87. The third-order valence-electron chi connectivity index (χ3n) is 4.22. The number of thiophene rings is 1. The summed E-state index contributed by atoms with van der Waals surface area (Å²) in [6, 6.07) is 7.75. The van der Waals surface area contributed by atoms with Crippen LogP contribution in [0.3, 0.4) is 0 Å². The molecule has 126 valence electrons. The molecule has 0 aliphatic heterocycles. The first-order valence-corrected chi connectivity index (χ1v) is 8.80. The summed E-state index contributed by atoms with van der Waals surface area (Å²) in [4.78, 5) is 18.8. The summed E-state index contributed by atoms with van der Waals surface area (Å²) in [6.07, 6.45) is 1.89. The Morgan fingerprint density at radius 3 is 2.92 bits per heavy atom. The maximum absolute atomic E-state index is 12.7. The van der Waals surface area contributed by atoms with Crippen molar-refractivity contribution in [1.29, 1.82) is 0 Å². The third kappa shape index (κ3) is 2.66. The van der Waals surface area contributed by atoms with E-state index in [2.05, 4.69) is 27.4 Å². The van der Waals surface area contributed by atoms with Crippen LogP contribution >= 0.6 is 11.3 Å². The second-order valence-corrected chi connectivity index (χ2v) is 7.04. The summed E-state index contributed by atoms with van der Waals surface area (Å²) in [5, 5.41) is 12.3. The molecule has 0 bridgehead atoms. The monoisotopic (exact) mass is 351 g/mol. The van der Waals surface area contributed by atoms with Crippen molar-refractivity contribution < 1.29 is 4.79 Å². The number of fused-ring (bicyclic) bond motifs is 2. The first-order valence-electron chi connectivity index (χ1n) is 7.99. The van der Waals surface area contributed by atoms with E-state index < -0.39 is 0 Å². The second kappa shape index (κ2) is 5.93. The third-order valence-corrected chi connectivity index (χ3v) is 5.41. The molecule has 1 amide bonds. The number of hydrogen-bond donors (Lipinski definition) is 1. The number of aromatic nitrogens is 4. The van der Waals surface area contributed by atoms with Gasteiger partial charge in [-0.05, 0) is 50.1 Å². The van der Waals surface area contributed by atoms with E-state index in [0.717, 1.165) is 32.7 Å². The van der Waals surface area contributed by atoms with Gasteiger partial charge in [-0.15, -0.1) is 21.5 Å². The van der Waals surface area contributed by atoms with Crippen molar-refractivity contribution in [3.05, 3.63) is 58.0 Å². The predicted molar refractivity (Wildman–Crippen MR) is 98.0 cm³/mol. The minimum atomic E-state index is -0.106. The number of pyridine rings is 2. The van der Waals surface area contributed by atoms with Gasteiger partial charge in [-0.1, -0.05) is 6.07 Å². The average molecular weight is 351 g/mol. The lowest BCUT2D eigenvalue weighted by Gasteiger charge is -2.04. The Hall–Kier alpha value is -2.80. The molecule has 4 rings (SSSR count). The van der Waals surface area contributed by atoms with Crippen molar-refractivity contribution in [1.82, 2.24) is 24.9 Å². The summed E-state index contributed by atoms with van der Waals surface area (Å²) in [5.41, 5.74) is 3.86. The van der Waals surface area contributed by atoms with Crippen molar-refractivity contribution in [3.63, 3.8) is 0 Å². The van der Waals surface area contributed by atoms with Crippen molar-refractivity contribution in [3.8, 4) is 0 Å². The highest BCUT2D eigenvalue weighted by atomic mass is 32.1. The lowest BCUT2D eigenvalue weighted by atomic mass is 10.1. The van der Waals surface area contributed by atoms with Crippen LogP contribution < -0.4 is 5.32 Å². The molecule has 25 heavy (non-hydrogen) atoms. The van der Waals surface area contributed by atoms with Crippen LogP contribution in [0.1, 0.15) is 32.3 Å². The van der Waals surface area contributed by atoms with Crippen molar-refractivity contribution in [2.24, 2.45) is 0 Å². The zero-order chi connectivity index (χ0) is 17.6. The van der Waals surface area contributed by atoms with Crippen molar-refractivity contribution in [2.75, 3.05) is 0 Å². The fraction of sp³-hybridized carbons (Fsp3) is 0.222. The Morgan fingerprint density at radius 2 is 2.08 bits per heavy atom. The minimum Gasteiger partial charge on any atom is -0.344 e. The van der Waals surface area contributed by atoms with Gasteiger partial charge in [0.15, 0.2) is 11.5 Å². The summed E-state index contributed by atoms with van der Waals surface area (Å²) in [7, 11) is 0. The molecule has 0 aliphatic rings. The molecular formula is C18H17N5OS. The number of carbonyl (C=O) groups is 1. The Balaban J connectivity index is 1.62. The van der Waals surface area contributed by atoms with E-state index >= 15 is 0 Å². The molecule has 7 heteroatoms. The Bertz CT molecular complexity index is 1110. The van der Waals surface area contributed by atoms with E-state index in [-0.39, 0.29) is 5.91 Å². The van der Waals surface area contributed by atoms with Gasteiger partial charge in [0.05, 0.1) is 11.4 Å². The lowest BCUT2D eigenvalue weighted by Crippen LogP contribution is -2.23. The van der Waals surface area contributed by atoms with E-state index in [4.69, 9.17) is 0 Å². The number of carbonyl (C=O) groups excluding carboxylic acids is 1. The van der Waals surface area contributed by atoms with Crippen LogP contribution in [-0.4, -0.2) is 25.5 Å². The topological polar surface area (TPSA) is 72.2 Å². The van der Waals surface area contributed by atoms with Crippen LogP contribution in [0.4, 0.5) is 0 Å². The van der Waals surface area contributed by atoms with Gasteiger partial charge in [-0.25, -0.2) is 4.98 Å². The number of aryl methyl sites for hydroxylation is 3. The number of amides is 1. The van der Waals surface area contributed by atoms with Gasteiger partial charge in [0.25, 0.3) is 5.91 Å². The van der Waals surface area contributed by atoms with Gasteiger partial charge in [0.2, 0.25) is 0 Å². The van der Waals surface area contributed by atoms with Gasteiger partial charge >= 0.3 is 0 Å². The van der Waals surface area contributed by atoms with Crippen LogP contribution in [0.2, 0.25) is 0 Å². The van der Waals surface area contributed by atoms with Crippen molar-refractivity contribution in [2.45, 2.75) is 27.3 Å². The zero-order valence-corrected chi connectivity index (χ0v) is 15.0. The molecule has 0 saturated heterocycles. The summed E-state index contributed by atoms with van der Waals surface area (Å²) in [6.45, 7) is 6.33. The molecular weight excluding hydrogens is 334 g/mol. The Kier molecular flexibility index (Phi) is 3.73. The second-order valence-electron chi connectivity index (χ2n) is 6.04. The number of rotatable bonds is 3. The zero-order valence-electron chi connectivity index (χ0n) is 14.2. The molecule has 0 saturated carbocycles. The molecule has 0 radical (unpaired) electrons. The Morgan fingerprint density at radius 1 is 1.24 bits per heavy atom. The minimum absolute atomic E-state index is 0.106. The molecule has 0 fully saturated rings. The Labute approximate surface area is 148 Å². The number of nitrogens with one attached hydrogen (secondary N) is 1.